The van der Waals surface area contributed by atoms with Crippen LogP contribution in [0.1, 0.15) is 33.1 Å². The highest BCUT2D eigenvalue weighted by Crippen LogP contribution is 2.36. The van der Waals surface area contributed by atoms with E-state index in [9.17, 15) is 4.79 Å². The van der Waals surface area contributed by atoms with Gasteiger partial charge in [-0.2, -0.15) is 0 Å². The molecule has 1 aliphatic carbocycles. The number of rotatable bonds is 1. The highest BCUT2D eigenvalue weighted by atomic mass is 79.9. The first-order chi connectivity index (χ1) is 5.07. The van der Waals surface area contributed by atoms with Crippen molar-refractivity contribution in [2.45, 2.75) is 37.4 Å². The molecule has 0 amide bonds. The van der Waals surface area contributed by atoms with Crippen LogP contribution in [0.5, 0.6) is 0 Å². The molecule has 0 bridgehead atoms. The molecule has 0 N–H and O–H groups in total. The van der Waals surface area contributed by atoms with Gasteiger partial charge in [-0.25, -0.2) is 0 Å². The summed E-state index contributed by atoms with van der Waals surface area (Å²) in [4.78, 5) is 10.7. The molecule has 1 aliphatic rings. The molecule has 0 aromatic rings. The van der Waals surface area contributed by atoms with Crippen LogP contribution < -0.4 is 0 Å². The van der Waals surface area contributed by atoms with Crippen molar-refractivity contribution < 1.29 is 4.79 Å². The van der Waals surface area contributed by atoms with Gasteiger partial charge in [-0.05, 0) is 33.1 Å². The summed E-state index contributed by atoms with van der Waals surface area (Å²) >= 11 is 3.46. The van der Waals surface area contributed by atoms with E-state index in [1.54, 1.807) is 0 Å². The Bertz CT molecular complexity index is 208. The van der Waals surface area contributed by atoms with Crippen LogP contribution in [0, 0.1) is 0 Å². The first-order valence-corrected chi connectivity index (χ1v) is 4.67. The molecular formula is C9H13BrO. The number of allylic oxidation sites excluding steroid dienone is 2. The molecule has 0 aliphatic heterocycles. The number of carbonyl (C=O) groups is 1. The summed E-state index contributed by atoms with van der Waals surface area (Å²) in [7, 11) is 0. The van der Waals surface area contributed by atoms with Gasteiger partial charge in [-0.1, -0.05) is 27.1 Å². The van der Waals surface area contributed by atoms with E-state index in [2.05, 4.69) is 29.8 Å². The molecule has 0 radical (unpaired) electrons. The third-order valence-electron chi connectivity index (χ3n) is 2.41. The average Bonchev–Trinajstić information content (AvgIpc) is 1.98. The molecule has 0 saturated carbocycles. The van der Waals surface area contributed by atoms with Gasteiger partial charge in [-0.3, -0.25) is 0 Å². The Labute approximate surface area is 76.0 Å². The minimum absolute atomic E-state index is 0.253. The second kappa shape index (κ2) is 3.10. The molecule has 0 fully saturated rings. The number of aldehydes is 1. The molecule has 11 heavy (non-hydrogen) atoms. The third kappa shape index (κ3) is 1.92. The van der Waals surface area contributed by atoms with Gasteiger partial charge >= 0.3 is 0 Å². The van der Waals surface area contributed by atoms with Gasteiger partial charge in [0.15, 0.2) is 0 Å². The zero-order chi connectivity index (χ0) is 8.48. The number of hydrogen-bond acceptors (Lipinski definition) is 1. The Morgan fingerprint density at radius 1 is 1.45 bits per heavy atom. The van der Waals surface area contributed by atoms with Crippen LogP contribution in [-0.4, -0.2) is 10.6 Å². The summed E-state index contributed by atoms with van der Waals surface area (Å²) in [5.41, 5.74) is 2.81. The van der Waals surface area contributed by atoms with Gasteiger partial charge in [0.2, 0.25) is 0 Å². The van der Waals surface area contributed by atoms with Crippen LogP contribution in [0.4, 0.5) is 0 Å². The van der Waals surface area contributed by atoms with Crippen molar-refractivity contribution in [2.75, 3.05) is 0 Å². The SMILES string of the molecule is CC1=C(C)C[C@](Br)(C=O)CC1. The number of hydrogen-bond donors (Lipinski definition) is 0. The van der Waals surface area contributed by atoms with Gasteiger partial charge in [0, 0.05) is 0 Å². The molecule has 1 nitrogen and oxygen atoms in total. The first-order valence-electron chi connectivity index (χ1n) is 3.88. The lowest BCUT2D eigenvalue weighted by Gasteiger charge is -2.27. The van der Waals surface area contributed by atoms with Crippen molar-refractivity contribution in [3.8, 4) is 0 Å². The van der Waals surface area contributed by atoms with E-state index in [0.29, 0.717) is 0 Å². The zero-order valence-corrected chi connectivity index (χ0v) is 8.57. The summed E-state index contributed by atoms with van der Waals surface area (Å²) in [6.45, 7) is 4.25. The quantitative estimate of drug-likeness (QED) is 0.375. The molecule has 0 heterocycles. The Morgan fingerprint density at radius 2 is 2.09 bits per heavy atom. The average molecular weight is 217 g/mol. The van der Waals surface area contributed by atoms with Gasteiger partial charge in [0.05, 0.1) is 4.32 Å². The molecule has 0 aromatic heterocycles. The van der Waals surface area contributed by atoms with Crippen LogP contribution in [0.15, 0.2) is 11.1 Å². The summed E-state index contributed by atoms with van der Waals surface area (Å²) in [6, 6.07) is 0. The highest BCUT2D eigenvalue weighted by molar-refractivity contribution is 9.10. The molecule has 0 spiro atoms. The lowest BCUT2D eigenvalue weighted by molar-refractivity contribution is -0.109. The van der Waals surface area contributed by atoms with Gasteiger partial charge in [0.25, 0.3) is 0 Å². The molecule has 0 saturated heterocycles. The lowest BCUT2D eigenvalue weighted by atomic mass is 9.86. The topological polar surface area (TPSA) is 17.1 Å². The van der Waals surface area contributed by atoms with E-state index < -0.39 is 0 Å². The summed E-state index contributed by atoms with van der Waals surface area (Å²) in [6.07, 6.45) is 3.90. The smallest absolute Gasteiger partial charge is 0.137 e. The van der Waals surface area contributed by atoms with Gasteiger partial charge in [0.1, 0.15) is 6.29 Å². The summed E-state index contributed by atoms with van der Waals surface area (Å²) in [5, 5.41) is 0. The van der Waals surface area contributed by atoms with Crippen LogP contribution in [0.3, 0.4) is 0 Å². The Morgan fingerprint density at radius 3 is 2.55 bits per heavy atom. The van der Waals surface area contributed by atoms with Crippen LogP contribution in [-0.2, 0) is 4.79 Å². The Balaban J connectivity index is 2.78. The van der Waals surface area contributed by atoms with E-state index >= 15 is 0 Å². The molecule has 2 heteroatoms. The molecule has 0 aromatic carbocycles. The van der Waals surface area contributed by atoms with Crippen molar-refractivity contribution in [1.29, 1.82) is 0 Å². The fourth-order valence-corrected chi connectivity index (χ4v) is 2.01. The minimum atomic E-state index is -0.253. The normalized spacial score (nSPS) is 32.3. The van der Waals surface area contributed by atoms with Crippen molar-refractivity contribution in [2.24, 2.45) is 0 Å². The molecule has 62 valence electrons. The fourth-order valence-electron chi connectivity index (χ4n) is 1.39. The largest absolute Gasteiger partial charge is 0.302 e. The minimum Gasteiger partial charge on any atom is -0.302 e. The number of halogens is 1. The first kappa shape index (κ1) is 8.98. The number of alkyl halides is 1. The lowest BCUT2D eigenvalue weighted by Crippen LogP contribution is -2.26. The van der Waals surface area contributed by atoms with E-state index in [4.69, 9.17) is 0 Å². The van der Waals surface area contributed by atoms with Crippen LogP contribution >= 0.6 is 15.9 Å². The molecule has 1 rings (SSSR count). The van der Waals surface area contributed by atoms with Crippen molar-refractivity contribution in [1.82, 2.24) is 0 Å². The van der Waals surface area contributed by atoms with Crippen LogP contribution in [0.2, 0.25) is 0 Å². The highest BCUT2D eigenvalue weighted by Gasteiger charge is 2.29. The fraction of sp³-hybridized carbons (Fsp3) is 0.667. The van der Waals surface area contributed by atoms with Gasteiger partial charge < -0.3 is 4.79 Å². The second-order valence-electron chi connectivity index (χ2n) is 3.39. The Kier molecular flexibility index (Phi) is 2.53. The monoisotopic (exact) mass is 216 g/mol. The third-order valence-corrected chi connectivity index (χ3v) is 3.28. The maximum Gasteiger partial charge on any atom is 0.137 e. The molecular weight excluding hydrogens is 204 g/mol. The van der Waals surface area contributed by atoms with Gasteiger partial charge in [-0.15, -0.1) is 0 Å². The predicted molar refractivity (Wildman–Crippen MR) is 49.9 cm³/mol. The van der Waals surface area contributed by atoms with Crippen molar-refractivity contribution >= 4 is 22.2 Å². The zero-order valence-electron chi connectivity index (χ0n) is 6.98. The van der Waals surface area contributed by atoms with E-state index in [1.165, 1.54) is 11.1 Å². The maximum absolute atomic E-state index is 10.7. The summed E-state index contributed by atoms with van der Waals surface area (Å²) in [5.74, 6) is 0. The molecule has 1 atom stereocenters. The maximum atomic E-state index is 10.7. The Hall–Kier alpha value is -0.110. The van der Waals surface area contributed by atoms with E-state index in [-0.39, 0.29) is 4.32 Å². The van der Waals surface area contributed by atoms with Crippen molar-refractivity contribution in [3.63, 3.8) is 0 Å². The van der Waals surface area contributed by atoms with Crippen molar-refractivity contribution in [3.05, 3.63) is 11.1 Å². The van der Waals surface area contributed by atoms with E-state index in [1.807, 2.05) is 0 Å². The summed E-state index contributed by atoms with van der Waals surface area (Å²) < 4.78 is -0.253. The molecule has 0 unspecified atom stereocenters. The standard InChI is InChI=1S/C9H13BrO/c1-7-3-4-9(10,6-11)5-8(7)2/h6H,3-5H2,1-2H3/t9-/m0/s1. The van der Waals surface area contributed by atoms with Crippen LogP contribution in [0.25, 0.3) is 0 Å². The predicted octanol–water partition coefficient (Wildman–Crippen LogP) is 2.84. The second-order valence-corrected chi connectivity index (χ2v) is 4.97. The van der Waals surface area contributed by atoms with E-state index in [0.717, 1.165) is 25.5 Å². The number of carbonyl (C=O) groups excluding carboxylic acids is 1.